The zero-order valence-corrected chi connectivity index (χ0v) is 12.2. The summed E-state index contributed by atoms with van der Waals surface area (Å²) in [7, 11) is 0. The third-order valence-corrected chi connectivity index (χ3v) is 4.59. The van der Waals surface area contributed by atoms with E-state index in [0.29, 0.717) is 0 Å². The Balaban J connectivity index is 2.36. The van der Waals surface area contributed by atoms with Crippen molar-refractivity contribution < 1.29 is 0 Å². The van der Waals surface area contributed by atoms with Crippen molar-refractivity contribution >= 4 is 33.6 Å². The van der Waals surface area contributed by atoms with E-state index in [1.54, 1.807) is 11.9 Å². The molecular formula is C13H13BrN2S. The first-order chi connectivity index (χ1) is 8.11. The fourth-order valence-electron chi connectivity index (χ4n) is 1.65. The lowest BCUT2D eigenvalue weighted by atomic mass is 10.1. The van der Waals surface area contributed by atoms with Crippen LogP contribution >= 0.6 is 27.9 Å². The van der Waals surface area contributed by atoms with Crippen LogP contribution in [0.5, 0.6) is 0 Å². The van der Waals surface area contributed by atoms with Gasteiger partial charge in [-0.05, 0) is 44.0 Å². The molecule has 0 bridgehead atoms. The van der Waals surface area contributed by atoms with Crippen LogP contribution in [0.4, 0.5) is 5.69 Å². The molecule has 0 spiro atoms. The lowest BCUT2D eigenvalue weighted by Gasteiger charge is -2.29. The number of halogens is 1. The lowest BCUT2D eigenvalue weighted by molar-refractivity contribution is 1.05. The maximum absolute atomic E-state index is 9.14. The third-order valence-electron chi connectivity index (χ3n) is 2.90. The molecule has 0 unspecified atom stereocenters. The Hall–Kier alpha value is -0.920. The number of hydrogen-bond donors (Lipinski definition) is 0. The minimum Gasteiger partial charge on any atom is -0.310 e. The summed E-state index contributed by atoms with van der Waals surface area (Å²) in [5, 5.41) is 9.14. The molecule has 0 radical (unpaired) electrons. The quantitative estimate of drug-likeness (QED) is 0.576. The third kappa shape index (κ3) is 2.67. The number of nitriles is 1. The highest BCUT2D eigenvalue weighted by molar-refractivity contribution is 9.10. The Morgan fingerprint density at radius 3 is 2.76 bits per heavy atom. The summed E-state index contributed by atoms with van der Waals surface area (Å²) in [6.45, 7) is 5.22. The molecule has 0 aromatic heterocycles. The van der Waals surface area contributed by atoms with Crippen LogP contribution in [0.2, 0.25) is 0 Å². The molecule has 2 rings (SSSR count). The second-order valence-electron chi connectivity index (χ2n) is 4.14. The second kappa shape index (κ2) is 5.16. The Morgan fingerprint density at radius 2 is 2.12 bits per heavy atom. The van der Waals surface area contributed by atoms with E-state index in [0.717, 1.165) is 28.0 Å². The topological polar surface area (TPSA) is 27.0 Å². The molecular weight excluding hydrogens is 296 g/mol. The fourth-order valence-corrected chi connectivity index (χ4v) is 3.17. The van der Waals surface area contributed by atoms with E-state index in [2.05, 4.69) is 40.2 Å². The summed E-state index contributed by atoms with van der Waals surface area (Å²) >= 11 is 5.23. The van der Waals surface area contributed by atoms with Gasteiger partial charge in [0, 0.05) is 10.2 Å². The molecule has 1 aliphatic heterocycles. The molecule has 1 aliphatic rings. The molecule has 0 N–H and O–H groups in total. The molecule has 1 aromatic carbocycles. The highest BCUT2D eigenvalue weighted by atomic mass is 79.9. The summed E-state index contributed by atoms with van der Waals surface area (Å²) in [5.74, 6) is 1.00. The first kappa shape index (κ1) is 12.5. The largest absolute Gasteiger partial charge is 0.310 e. The van der Waals surface area contributed by atoms with Crippen molar-refractivity contribution in [1.29, 1.82) is 5.26 Å². The van der Waals surface area contributed by atoms with E-state index in [1.807, 2.05) is 18.2 Å². The standard InChI is InChI=1S/C13H13BrN2S/c1-9-7-16(17-8-10(9)2)13-5-12(14)4-3-11(13)6-15/h3-5H,7-8H2,1-2H3. The van der Waals surface area contributed by atoms with Crippen molar-refractivity contribution in [2.75, 3.05) is 16.6 Å². The van der Waals surface area contributed by atoms with E-state index >= 15 is 0 Å². The minimum atomic E-state index is 0.730. The zero-order chi connectivity index (χ0) is 12.4. The van der Waals surface area contributed by atoms with Crippen LogP contribution in [0.15, 0.2) is 33.8 Å². The van der Waals surface area contributed by atoms with E-state index in [4.69, 9.17) is 5.26 Å². The van der Waals surface area contributed by atoms with Gasteiger partial charge in [0.1, 0.15) is 6.07 Å². The maximum atomic E-state index is 9.14. The Bertz CT molecular complexity index is 517. The maximum Gasteiger partial charge on any atom is 0.101 e. The molecule has 1 heterocycles. The summed E-state index contributed by atoms with van der Waals surface area (Å²) in [5.41, 5.74) is 4.57. The molecule has 2 nitrogen and oxygen atoms in total. The van der Waals surface area contributed by atoms with Crippen LogP contribution in [0.3, 0.4) is 0 Å². The molecule has 4 heteroatoms. The number of hydrogen-bond acceptors (Lipinski definition) is 3. The number of nitrogens with zero attached hydrogens (tertiary/aromatic N) is 2. The van der Waals surface area contributed by atoms with Crippen molar-refractivity contribution in [2.24, 2.45) is 0 Å². The van der Waals surface area contributed by atoms with Gasteiger partial charge in [0.25, 0.3) is 0 Å². The SMILES string of the molecule is CC1=C(C)CN(c2cc(Br)ccc2C#N)SC1. The first-order valence-electron chi connectivity index (χ1n) is 5.37. The molecule has 0 fully saturated rings. The Labute approximate surface area is 115 Å². The normalized spacial score (nSPS) is 16.0. The van der Waals surface area contributed by atoms with Crippen LogP contribution in [0, 0.1) is 11.3 Å². The molecule has 0 saturated heterocycles. The van der Waals surface area contributed by atoms with Gasteiger partial charge in [-0.25, -0.2) is 0 Å². The van der Waals surface area contributed by atoms with Crippen molar-refractivity contribution in [2.45, 2.75) is 13.8 Å². The van der Waals surface area contributed by atoms with Gasteiger partial charge < -0.3 is 4.31 Å². The zero-order valence-electron chi connectivity index (χ0n) is 9.83. The van der Waals surface area contributed by atoms with E-state index in [9.17, 15) is 0 Å². The van der Waals surface area contributed by atoms with Crippen LogP contribution < -0.4 is 4.31 Å². The smallest absolute Gasteiger partial charge is 0.101 e. The van der Waals surface area contributed by atoms with Crippen LogP contribution in [0.25, 0.3) is 0 Å². The number of anilines is 1. The van der Waals surface area contributed by atoms with Gasteiger partial charge in [-0.15, -0.1) is 0 Å². The average Bonchev–Trinajstić information content (AvgIpc) is 2.32. The van der Waals surface area contributed by atoms with Crippen LogP contribution in [-0.2, 0) is 0 Å². The molecule has 1 aromatic rings. The molecule has 0 aliphatic carbocycles. The van der Waals surface area contributed by atoms with Crippen molar-refractivity contribution in [3.63, 3.8) is 0 Å². The molecule has 0 amide bonds. The summed E-state index contributed by atoms with van der Waals surface area (Å²) in [6, 6.07) is 8.04. The summed E-state index contributed by atoms with van der Waals surface area (Å²) in [4.78, 5) is 0. The van der Waals surface area contributed by atoms with Gasteiger partial charge >= 0.3 is 0 Å². The summed E-state index contributed by atoms with van der Waals surface area (Å²) in [6.07, 6.45) is 0. The number of rotatable bonds is 1. The summed E-state index contributed by atoms with van der Waals surface area (Å²) < 4.78 is 3.21. The van der Waals surface area contributed by atoms with Gasteiger partial charge in [-0.1, -0.05) is 27.1 Å². The predicted octanol–water partition coefficient (Wildman–Crippen LogP) is 4.13. The van der Waals surface area contributed by atoms with Crippen molar-refractivity contribution in [1.82, 2.24) is 0 Å². The van der Waals surface area contributed by atoms with Crippen LogP contribution in [-0.4, -0.2) is 12.3 Å². The van der Waals surface area contributed by atoms with Gasteiger partial charge in [0.15, 0.2) is 0 Å². The Morgan fingerprint density at radius 1 is 1.35 bits per heavy atom. The first-order valence-corrected chi connectivity index (χ1v) is 7.10. The van der Waals surface area contributed by atoms with E-state index in [1.165, 1.54) is 11.1 Å². The van der Waals surface area contributed by atoms with E-state index in [-0.39, 0.29) is 0 Å². The molecule has 0 atom stereocenters. The van der Waals surface area contributed by atoms with E-state index < -0.39 is 0 Å². The van der Waals surface area contributed by atoms with Gasteiger partial charge in [-0.3, -0.25) is 0 Å². The fraction of sp³-hybridized carbons (Fsp3) is 0.308. The van der Waals surface area contributed by atoms with Crippen LogP contribution in [0.1, 0.15) is 19.4 Å². The van der Waals surface area contributed by atoms with Gasteiger partial charge in [-0.2, -0.15) is 5.26 Å². The highest BCUT2D eigenvalue weighted by Crippen LogP contribution is 2.34. The lowest BCUT2D eigenvalue weighted by Crippen LogP contribution is -2.23. The number of benzene rings is 1. The predicted molar refractivity (Wildman–Crippen MR) is 77.0 cm³/mol. The van der Waals surface area contributed by atoms with Crippen molar-refractivity contribution in [3.8, 4) is 6.07 Å². The second-order valence-corrected chi connectivity index (χ2v) is 6.05. The van der Waals surface area contributed by atoms with Gasteiger partial charge in [0.05, 0.1) is 17.8 Å². The molecule has 88 valence electrons. The monoisotopic (exact) mass is 308 g/mol. The molecule has 17 heavy (non-hydrogen) atoms. The molecule has 0 saturated carbocycles. The average molecular weight is 309 g/mol. The van der Waals surface area contributed by atoms with Crippen molar-refractivity contribution in [3.05, 3.63) is 39.4 Å². The Kier molecular flexibility index (Phi) is 3.80. The van der Waals surface area contributed by atoms with Gasteiger partial charge in [0.2, 0.25) is 0 Å². The minimum absolute atomic E-state index is 0.730. The highest BCUT2D eigenvalue weighted by Gasteiger charge is 2.18.